The van der Waals surface area contributed by atoms with Gasteiger partial charge in [-0.25, -0.2) is 0 Å². The minimum atomic E-state index is 0.378. The van der Waals surface area contributed by atoms with Crippen LogP contribution < -0.4 is 10.1 Å². The van der Waals surface area contributed by atoms with Crippen LogP contribution in [0, 0.1) is 12.8 Å². The van der Waals surface area contributed by atoms with E-state index in [1.807, 2.05) is 19.1 Å². The molecule has 1 fully saturated rings. The number of aryl methyl sites for hydroxylation is 1. The summed E-state index contributed by atoms with van der Waals surface area (Å²) in [6, 6.07) is 4.43. The highest BCUT2D eigenvalue weighted by Crippen LogP contribution is 2.36. The van der Waals surface area contributed by atoms with Crippen molar-refractivity contribution in [3.63, 3.8) is 0 Å². The number of halogens is 1. The summed E-state index contributed by atoms with van der Waals surface area (Å²) in [6.07, 6.45) is 1.15. The van der Waals surface area contributed by atoms with Crippen LogP contribution in [-0.4, -0.2) is 13.7 Å². The monoisotopic (exact) mass is 239 g/mol. The zero-order chi connectivity index (χ0) is 11.7. The van der Waals surface area contributed by atoms with Gasteiger partial charge in [0.15, 0.2) is 0 Å². The summed E-state index contributed by atoms with van der Waals surface area (Å²) in [6.45, 7) is 5.33. The van der Waals surface area contributed by atoms with Gasteiger partial charge < -0.3 is 10.1 Å². The summed E-state index contributed by atoms with van der Waals surface area (Å²) in [5.41, 5.74) is 2.25. The highest BCUT2D eigenvalue weighted by Gasteiger charge is 2.25. The number of ether oxygens (including phenoxy) is 1. The molecule has 1 saturated heterocycles. The maximum atomic E-state index is 6.17. The normalized spacial score (nSPS) is 24.8. The summed E-state index contributed by atoms with van der Waals surface area (Å²) >= 11 is 6.17. The molecule has 1 heterocycles. The summed E-state index contributed by atoms with van der Waals surface area (Å²) in [4.78, 5) is 0. The zero-order valence-electron chi connectivity index (χ0n) is 10.0. The molecule has 1 aliphatic rings. The Morgan fingerprint density at radius 3 is 2.75 bits per heavy atom. The average Bonchev–Trinajstić information content (AvgIpc) is 2.68. The van der Waals surface area contributed by atoms with Gasteiger partial charge in [0.25, 0.3) is 0 Å². The van der Waals surface area contributed by atoms with Gasteiger partial charge in [-0.1, -0.05) is 18.5 Å². The van der Waals surface area contributed by atoms with Crippen molar-refractivity contribution in [3.8, 4) is 5.75 Å². The predicted molar refractivity (Wildman–Crippen MR) is 67.3 cm³/mol. The maximum absolute atomic E-state index is 6.17. The first-order chi connectivity index (χ1) is 7.61. The van der Waals surface area contributed by atoms with Crippen LogP contribution in [0.5, 0.6) is 5.75 Å². The number of methoxy groups -OCH3 is 1. The second-order valence-corrected chi connectivity index (χ2v) is 5.05. The Kier molecular flexibility index (Phi) is 3.41. The van der Waals surface area contributed by atoms with Crippen LogP contribution in [0.1, 0.15) is 30.5 Å². The van der Waals surface area contributed by atoms with E-state index in [2.05, 4.69) is 12.2 Å². The lowest BCUT2D eigenvalue weighted by Crippen LogP contribution is -2.14. The first-order valence-electron chi connectivity index (χ1n) is 5.69. The molecule has 2 nitrogen and oxygen atoms in total. The van der Waals surface area contributed by atoms with E-state index < -0.39 is 0 Å². The highest BCUT2D eigenvalue weighted by atomic mass is 35.5. The van der Waals surface area contributed by atoms with Crippen molar-refractivity contribution in [3.05, 3.63) is 28.3 Å². The summed E-state index contributed by atoms with van der Waals surface area (Å²) in [5.74, 6) is 1.66. The van der Waals surface area contributed by atoms with E-state index in [0.29, 0.717) is 6.04 Å². The maximum Gasteiger partial charge on any atom is 0.124 e. The fourth-order valence-electron chi connectivity index (χ4n) is 2.27. The van der Waals surface area contributed by atoms with E-state index in [1.165, 1.54) is 5.56 Å². The molecular formula is C13H18ClNO. The fraction of sp³-hybridized carbons (Fsp3) is 0.538. The molecule has 0 spiro atoms. The lowest BCUT2D eigenvalue weighted by molar-refractivity contribution is 0.402. The van der Waals surface area contributed by atoms with Gasteiger partial charge in [-0.05, 0) is 43.5 Å². The van der Waals surface area contributed by atoms with E-state index in [-0.39, 0.29) is 0 Å². The molecular weight excluding hydrogens is 222 g/mol. The number of nitrogens with one attached hydrogen (secondary N) is 1. The number of rotatable bonds is 2. The second kappa shape index (κ2) is 4.64. The van der Waals surface area contributed by atoms with Gasteiger partial charge in [-0.2, -0.15) is 0 Å². The van der Waals surface area contributed by atoms with Crippen LogP contribution in [0.2, 0.25) is 5.02 Å². The number of benzene rings is 1. The molecule has 1 aliphatic heterocycles. The van der Waals surface area contributed by atoms with Gasteiger partial charge in [-0.3, -0.25) is 0 Å². The molecule has 0 saturated carbocycles. The molecule has 88 valence electrons. The van der Waals surface area contributed by atoms with Crippen molar-refractivity contribution >= 4 is 11.6 Å². The first-order valence-corrected chi connectivity index (χ1v) is 6.07. The Bertz CT molecular complexity index is 392. The minimum absolute atomic E-state index is 0.378. The van der Waals surface area contributed by atoms with Crippen LogP contribution in [-0.2, 0) is 0 Å². The molecule has 16 heavy (non-hydrogen) atoms. The van der Waals surface area contributed by atoms with Crippen molar-refractivity contribution in [2.24, 2.45) is 5.92 Å². The third-order valence-corrected chi connectivity index (χ3v) is 3.64. The van der Waals surface area contributed by atoms with E-state index in [9.17, 15) is 0 Å². The molecule has 0 amide bonds. The van der Waals surface area contributed by atoms with Crippen LogP contribution in [0.25, 0.3) is 0 Å². The summed E-state index contributed by atoms with van der Waals surface area (Å²) in [7, 11) is 1.71. The minimum Gasteiger partial charge on any atom is -0.496 e. The van der Waals surface area contributed by atoms with Crippen LogP contribution in [0.3, 0.4) is 0 Å². The summed E-state index contributed by atoms with van der Waals surface area (Å²) < 4.78 is 5.43. The van der Waals surface area contributed by atoms with E-state index in [1.54, 1.807) is 7.11 Å². The molecule has 1 aromatic rings. The second-order valence-electron chi connectivity index (χ2n) is 4.65. The van der Waals surface area contributed by atoms with Crippen molar-refractivity contribution in [1.82, 2.24) is 5.32 Å². The van der Waals surface area contributed by atoms with Crippen LogP contribution in [0.15, 0.2) is 12.1 Å². The van der Waals surface area contributed by atoms with Gasteiger partial charge in [0, 0.05) is 16.6 Å². The Labute approximate surface area is 102 Å². The van der Waals surface area contributed by atoms with Crippen LogP contribution in [0.4, 0.5) is 0 Å². The van der Waals surface area contributed by atoms with Gasteiger partial charge in [0.05, 0.1) is 7.11 Å². The van der Waals surface area contributed by atoms with E-state index in [0.717, 1.165) is 35.2 Å². The molecule has 2 unspecified atom stereocenters. The Morgan fingerprint density at radius 1 is 1.44 bits per heavy atom. The molecule has 2 rings (SSSR count). The SMILES string of the molecule is COc1cc(C)c(Cl)cc1C1CC(C)CN1. The van der Waals surface area contributed by atoms with Gasteiger partial charge in [-0.15, -0.1) is 0 Å². The molecule has 0 aliphatic carbocycles. The van der Waals surface area contributed by atoms with Gasteiger partial charge >= 0.3 is 0 Å². The number of hydrogen-bond acceptors (Lipinski definition) is 2. The first kappa shape index (κ1) is 11.7. The molecule has 0 aromatic heterocycles. The molecule has 1 aromatic carbocycles. The smallest absolute Gasteiger partial charge is 0.124 e. The van der Waals surface area contributed by atoms with Crippen molar-refractivity contribution in [1.29, 1.82) is 0 Å². The average molecular weight is 240 g/mol. The van der Waals surface area contributed by atoms with Crippen molar-refractivity contribution in [2.75, 3.05) is 13.7 Å². The zero-order valence-corrected chi connectivity index (χ0v) is 10.8. The van der Waals surface area contributed by atoms with E-state index >= 15 is 0 Å². The quantitative estimate of drug-likeness (QED) is 0.855. The third-order valence-electron chi connectivity index (χ3n) is 3.24. The third kappa shape index (κ3) is 2.18. The lowest BCUT2D eigenvalue weighted by atomic mass is 9.99. The predicted octanol–water partition coefficient (Wildman–Crippen LogP) is 3.33. The Balaban J connectivity index is 2.35. The standard InChI is InChI=1S/C13H18ClNO/c1-8-4-12(15-7-8)10-6-11(14)9(2)5-13(10)16-3/h5-6,8,12,15H,4,7H2,1-3H3. The van der Waals surface area contributed by atoms with Crippen molar-refractivity contribution < 1.29 is 4.74 Å². The van der Waals surface area contributed by atoms with Gasteiger partial charge in [0.2, 0.25) is 0 Å². The Hall–Kier alpha value is -0.730. The lowest BCUT2D eigenvalue weighted by Gasteiger charge is -2.16. The molecule has 2 atom stereocenters. The highest BCUT2D eigenvalue weighted by molar-refractivity contribution is 6.31. The topological polar surface area (TPSA) is 21.3 Å². The number of hydrogen-bond donors (Lipinski definition) is 1. The van der Waals surface area contributed by atoms with E-state index in [4.69, 9.17) is 16.3 Å². The largest absolute Gasteiger partial charge is 0.496 e. The fourth-order valence-corrected chi connectivity index (χ4v) is 2.44. The molecule has 0 radical (unpaired) electrons. The van der Waals surface area contributed by atoms with Crippen molar-refractivity contribution in [2.45, 2.75) is 26.3 Å². The molecule has 1 N–H and O–H groups in total. The molecule has 0 bridgehead atoms. The Morgan fingerprint density at radius 2 is 2.19 bits per heavy atom. The molecule has 3 heteroatoms. The van der Waals surface area contributed by atoms with Crippen LogP contribution >= 0.6 is 11.6 Å². The van der Waals surface area contributed by atoms with Gasteiger partial charge in [0.1, 0.15) is 5.75 Å². The summed E-state index contributed by atoms with van der Waals surface area (Å²) in [5, 5.41) is 4.32.